The Morgan fingerprint density at radius 3 is 2.40 bits per heavy atom. The average Bonchev–Trinajstić information content (AvgIpc) is 3.64. The molecule has 0 atom stereocenters. The summed E-state index contributed by atoms with van der Waals surface area (Å²) in [7, 11) is 0. The minimum absolute atomic E-state index is 0.107. The van der Waals surface area contributed by atoms with Gasteiger partial charge in [0.2, 0.25) is 0 Å². The van der Waals surface area contributed by atoms with Crippen molar-refractivity contribution in [3.05, 3.63) is 121 Å². The van der Waals surface area contributed by atoms with Crippen LogP contribution in [0.5, 0.6) is 0 Å². The van der Waals surface area contributed by atoms with Crippen LogP contribution in [0.15, 0.2) is 94.5 Å². The van der Waals surface area contributed by atoms with Crippen LogP contribution in [-0.2, 0) is 24.4 Å². The highest BCUT2D eigenvalue weighted by Gasteiger charge is 2.20. The zero-order valence-electron chi connectivity index (χ0n) is 22.6. The molecule has 0 aliphatic heterocycles. The van der Waals surface area contributed by atoms with Crippen LogP contribution in [0.2, 0.25) is 0 Å². The molecule has 0 saturated carbocycles. The zero-order valence-corrected chi connectivity index (χ0v) is 22.6. The second-order valence-corrected chi connectivity index (χ2v) is 9.49. The fraction of sp³-hybridized carbons (Fsp3) is 0.167. The first-order valence-corrected chi connectivity index (χ1v) is 13.1. The van der Waals surface area contributed by atoms with Gasteiger partial charge >= 0.3 is 23.2 Å². The molecule has 0 unspecified atom stereocenters. The van der Waals surface area contributed by atoms with Gasteiger partial charge in [-0.3, -0.25) is 13.7 Å². The summed E-state index contributed by atoms with van der Waals surface area (Å²) in [6.07, 6.45) is 0. The number of aryl methyl sites for hydroxylation is 1. The van der Waals surface area contributed by atoms with E-state index >= 15 is 0 Å². The maximum atomic E-state index is 13.0. The minimum Gasteiger partial charge on any atom is -0.454 e. The van der Waals surface area contributed by atoms with Crippen molar-refractivity contribution in [2.75, 3.05) is 0 Å². The number of para-hydroxylation sites is 1. The fourth-order valence-corrected chi connectivity index (χ4v) is 4.89. The predicted molar refractivity (Wildman–Crippen MR) is 150 cm³/mol. The van der Waals surface area contributed by atoms with Crippen LogP contribution in [0.1, 0.15) is 34.4 Å². The maximum Gasteiger partial charge on any atom is 0.519 e. The lowest BCUT2D eigenvalue weighted by molar-refractivity contribution is 0.0444. The number of aromatic amines is 1. The quantitative estimate of drug-likeness (QED) is 0.267. The second-order valence-electron chi connectivity index (χ2n) is 9.49. The molecule has 1 N–H and O–H groups in total. The Hall–Kier alpha value is -5.65. The van der Waals surface area contributed by atoms with E-state index in [1.54, 1.807) is 18.2 Å². The first-order chi connectivity index (χ1) is 20.3. The molecule has 0 spiro atoms. The standard InChI is InChI=1S/C30H24N4O8/c1-3-33-26(32-42-29(33)37)21-8-5-4-7-20(21)19-13-11-18(12-14-19)15-34-25-22(9-6-10-23(25)31-28(34)36)27(35)39-16-24-17(2)40-30(38)41-24/h4-14H,3,15-16H2,1-2H3,(H,31,36). The molecule has 6 aromatic rings. The Kier molecular flexibility index (Phi) is 6.79. The van der Waals surface area contributed by atoms with Crippen LogP contribution in [0.25, 0.3) is 33.5 Å². The van der Waals surface area contributed by atoms with Gasteiger partial charge in [0, 0.05) is 12.1 Å². The third-order valence-electron chi connectivity index (χ3n) is 6.96. The molecule has 12 nitrogen and oxygen atoms in total. The summed E-state index contributed by atoms with van der Waals surface area (Å²) < 4.78 is 22.9. The van der Waals surface area contributed by atoms with Crippen molar-refractivity contribution in [3.63, 3.8) is 0 Å². The number of rotatable bonds is 8. The Balaban J connectivity index is 1.30. The van der Waals surface area contributed by atoms with Gasteiger partial charge in [-0.2, -0.15) is 0 Å². The largest absolute Gasteiger partial charge is 0.519 e. The molecule has 3 aromatic heterocycles. The van der Waals surface area contributed by atoms with Crippen molar-refractivity contribution in [1.82, 2.24) is 19.3 Å². The van der Waals surface area contributed by atoms with E-state index in [1.807, 2.05) is 55.5 Å². The van der Waals surface area contributed by atoms with E-state index in [9.17, 15) is 19.2 Å². The Morgan fingerprint density at radius 2 is 1.69 bits per heavy atom. The number of hydrogen-bond donors (Lipinski definition) is 1. The lowest BCUT2D eigenvalue weighted by Gasteiger charge is -2.11. The monoisotopic (exact) mass is 568 g/mol. The highest BCUT2D eigenvalue weighted by Crippen LogP contribution is 2.31. The molecular weight excluding hydrogens is 544 g/mol. The van der Waals surface area contributed by atoms with Crippen molar-refractivity contribution in [1.29, 1.82) is 0 Å². The van der Waals surface area contributed by atoms with Crippen LogP contribution in [0.3, 0.4) is 0 Å². The first-order valence-electron chi connectivity index (χ1n) is 13.1. The van der Waals surface area contributed by atoms with Gasteiger partial charge in [0.1, 0.15) is 0 Å². The molecule has 212 valence electrons. The molecule has 3 aromatic carbocycles. The van der Waals surface area contributed by atoms with Crippen molar-refractivity contribution in [2.45, 2.75) is 33.5 Å². The topological polar surface area (TPSA) is 155 Å². The Morgan fingerprint density at radius 1 is 0.929 bits per heavy atom. The summed E-state index contributed by atoms with van der Waals surface area (Å²) in [5, 5.41) is 3.98. The molecule has 0 amide bonds. The summed E-state index contributed by atoms with van der Waals surface area (Å²) in [5.74, 6) is -1.33. The number of imidazole rings is 1. The molecule has 3 heterocycles. The molecule has 0 aliphatic carbocycles. The van der Waals surface area contributed by atoms with Gasteiger partial charge in [-0.15, -0.1) is 0 Å². The lowest BCUT2D eigenvalue weighted by atomic mass is 9.98. The summed E-state index contributed by atoms with van der Waals surface area (Å²) in [6, 6.07) is 20.1. The van der Waals surface area contributed by atoms with Gasteiger partial charge in [-0.1, -0.05) is 59.8 Å². The van der Waals surface area contributed by atoms with E-state index in [2.05, 4.69) is 10.1 Å². The van der Waals surface area contributed by atoms with Crippen molar-refractivity contribution < 1.29 is 22.9 Å². The minimum atomic E-state index is -0.881. The maximum absolute atomic E-state index is 13.0. The number of ether oxygens (including phenoxy) is 1. The van der Waals surface area contributed by atoms with E-state index in [4.69, 9.17) is 18.1 Å². The van der Waals surface area contributed by atoms with E-state index in [0.29, 0.717) is 23.4 Å². The van der Waals surface area contributed by atoms with Gasteiger partial charge in [0.15, 0.2) is 24.0 Å². The summed E-state index contributed by atoms with van der Waals surface area (Å²) >= 11 is 0. The summed E-state index contributed by atoms with van der Waals surface area (Å²) in [6.45, 7) is 3.67. The molecule has 12 heteroatoms. The van der Waals surface area contributed by atoms with Gasteiger partial charge in [0.05, 0.1) is 23.1 Å². The average molecular weight is 569 g/mol. The summed E-state index contributed by atoms with van der Waals surface area (Å²) in [4.78, 5) is 52.1. The number of fused-ring (bicyclic) bond motifs is 1. The predicted octanol–water partition coefficient (Wildman–Crippen LogP) is 4.09. The lowest BCUT2D eigenvalue weighted by Crippen LogP contribution is -2.18. The number of esters is 1. The van der Waals surface area contributed by atoms with E-state index in [0.717, 1.165) is 22.3 Å². The Bertz CT molecular complexity index is 2100. The van der Waals surface area contributed by atoms with Gasteiger partial charge in [-0.05, 0) is 42.7 Å². The zero-order chi connectivity index (χ0) is 29.4. The number of carbonyl (C=O) groups excluding carboxylic acids is 1. The summed E-state index contributed by atoms with van der Waals surface area (Å²) in [5.41, 5.74) is 3.94. The molecule has 0 radical (unpaired) electrons. The van der Waals surface area contributed by atoms with E-state index in [1.165, 1.54) is 16.1 Å². The van der Waals surface area contributed by atoms with Crippen LogP contribution in [0.4, 0.5) is 0 Å². The van der Waals surface area contributed by atoms with Crippen LogP contribution >= 0.6 is 0 Å². The van der Waals surface area contributed by atoms with Crippen molar-refractivity contribution >= 4 is 17.0 Å². The smallest absolute Gasteiger partial charge is 0.454 e. The van der Waals surface area contributed by atoms with Gasteiger partial charge in [-0.25, -0.2) is 19.2 Å². The Labute approximate surface area is 236 Å². The molecule has 0 saturated heterocycles. The van der Waals surface area contributed by atoms with Crippen molar-refractivity contribution in [3.8, 4) is 22.5 Å². The fourth-order valence-electron chi connectivity index (χ4n) is 4.89. The van der Waals surface area contributed by atoms with Crippen LogP contribution < -0.4 is 17.3 Å². The number of nitrogens with one attached hydrogen (secondary N) is 1. The number of carbonyl (C=O) groups is 1. The second kappa shape index (κ2) is 10.7. The van der Waals surface area contributed by atoms with Crippen LogP contribution in [-0.4, -0.2) is 25.2 Å². The highest BCUT2D eigenvalue weighted by molar-refractivity contribution is 6.02. The number of hydrogen-bond acceptors (Lipinski definition) is 9. The third kappa shape index (κ3) is 4.79. The van der Waals surface area contributed by atoms with Gasteiger partial charge < -0.3 is 18.6 Å². The molecule has 0 bridgehead atoms. The first kappa shape index (κ1) is 26.6. The molecule has 0 aliphatic rings. The number of nitrogens with zero attached hydrogens (tertiary/aromatic N) is 3. The molecule has 0 fully saturated rings. The highest BCUT2D eigenvalue weighted by atomic mass is 16.6. The van der Waals surface area contributed by atoms with Crippen LogP contribution in [0, 0.1) is 6.92 Å². The van der Waals surface area contributed by atoms with Crippen molar-refractivity contribution in [2.24, 2.45) is 0 Å². The van der Waals surface area contributed by atoms with E-state index < -0.39 is 17.5 Å². The third-order valence-corrected chi connectivity index (χ3v) is 6.96. The number of H-pyrrole nitrogens is 1. The number of aromatic nitrogens is 4. The number of benzene rings is 3. The SMILES string of the molecule is CCn1c(-c2ccccc2-c2ccc(Cn3c(=O)[nH]c4cccc(C(=O)OCc5oc(=O)oc5C)c43)cc2)noc1=O. The normalized spacial score (nSPS) is 11.3. The molecule has 6 rings (SSSR count). The van der Waals surface area contributed by atoms with E-state index in [-0.39, 0.29) is 35.9 Å². The van der Waals surface area contributed by atoms with Gasteiger partial charge in [0.25, 0.3) is 0 Å². The molecular formula is C30H24N4O8. The molecule has 42 heavy (non-hydrogen) atoms.